The molecule has 0 fully saturated rings. The zero-order valence-electron chi connectivity index (χ0n) is 20.2. The van der Waals surface area contributed by atoms with Crippen molar-refractivity contribution in [3.63, 3.8) is 0 Å². The number of fused-ring (bicyclic) bond motifs is 1. The average molecular weight is 497 g/mol. The molecule has 0 bridgehead atoms. The van der Waals surface area contributed by atoms with Crippen LogP contribution in [0.1, 0.15) is 16.7 Å². The van der Waals surface area contributed by atoms with Gasteiger partial charge in [0.1, 0.15) is 5.69 Å². The summed E-state index contributed by atoms with van der Waals surface area (Å²) in [5.41, 5.74) is 7.09. The molecule has 0 aliphatic heterocycles. The van der Waals surface area contributed by atoms with Crippen LogP contribution in [0.2, 0.25) is 5.02 Å². The molecule has 0 atom stereocenters. The molecule has 5 rings (SSSR count). The van der Waals surface area contributed by atoms with Gasteiger partial charge in [-0.1, -0.05) is 59.6 Å². The van der Waals surface area contributed by atoms with Gasteiger partial charge in [0.05, 0.1) is 11.1 Å². The first-order chi connectivity index (χ1) is 17.4. The van der Waals surface area contributed by atoms with E-state index in [1.165, 1.54) is 0 Å². The average Bonchev–Trinajstić information content (AvgIpc) is 3.26. The molecule has 7 heteroatoms. The van der Waals surface area contributed by atoms with Crippen LogP contribution >= 0.6 is 11.6 Å². The van der Waals surface area contributed by atoms with Crippen molar-refractivity contribution in [1.82, 2.24) is 14.8 Å². The molecule has 180 valence electrons. The van der Waals surface area contributed by atoms with Gasteiger partial charge in [-0.15, -0.1) is 0 Å². The Balaban J connectivity index is 1.48. The second kappa shape index (κ2) is 9.84. The molecule has 0 radical (unpaired) electrons. The monoisotopic (exact) mass is 496 g/mol. The minimum absolute atomic E-state index is 0.187. The Bertz CT molecular complexity index is 1580. The summed E-state index contributed by atoms with van der Waals surface area (Å²) in [5, 5.41) is 9.29. The standard InChI is InChI=1S/C29H25ClN4O2/c1-18-8-7-9-21(14-18)28-27-20(3)15-26(32-29(27)34(33-28)23-10-5-4-6-11-23)36-17-25(35)31-22-13-12-19(2)24(30)16-22/h4-16H,17H2,1-3H3,(H,31,35). The zero-order valence-corrected chi connectivity index (χ0v) is 21.0. The lowest BCUT2D eigenvalue weighted by molar-refractivity contribution is -0.118. The van der Waals surface area contributed by atoms with Crippen LogP contribution in [0.4, 0.5) is 5.69 Å². The maximum Gasteiger partial charge on any atom is 0.262 e. The molecule has 0 aliphatic rings. The van der Waals surface area contributed by atoms with Crippen LogP contribution in [0, 0.1) is 20.8 Å². The highest BCUT2D eigenvalue weighted by molar-refractivity contribution is 6.31. The van der Waals surface area contributed by atoms with Gasteiger partial charge >= 0.3 is 0 Å². The van der Waals surface area contributed by atoms with E-state index in [2.05, 4.69) is 30.4 Å². The quantitative estimate of drug-likeness (QED) is 0.284. The van der Waals surface area contributed by atoms with Gasteiger partial charge in [0.15, 0.2) is 12.3 Å². The third kappa shape index (κ3) is 4.81. The van der Waals surface area contributed by atoms with Crippen molar-refractivity contribution < 1.29 is 9.53 Å². The van der Waals surface area contributed by atoms with Crippen molar-refractivity contribution in [3.8, 4) is 22.8 Å². The van der Waals surface area contributed by atoms with E-state index in [9.17, 15) is 4.79 Å². The molecular formula is C29H25ClN4O2. The van der Waals surface area contributed by atoms with Crippen molar-refractivity contribution in [3.05, 3.63) is 101 Å². The number of carbonyl (C=O) groups excluding carboxylic acids is 1. The Morgan fingerprint density at radius 1 is 0.944 bits per heavy atom. The number of amides is 1. The molecule has 6 nitrogen and oxygen atoms in total. The SMILES string of the molecule is Cc1cccc(-c2nn(-c3ccccc3)c3nc(OCC(=O)Nc4ccc(C)c(Cl)c4)cc(C)c23)c1. The van der Waals surface area contributed by atoms with Gasteiger partial charge in [0, 0.05) is 22.3 Å². The fraction of sp³-hybridized carbons (Fsp3) is 0.138. The minimum atomic E-state index is -0.300. The number of para-hydroxylation sites is 1. The summed E-state index contributed by atoms with van der Waals surface area (Å²) < 4.78 is 7.63. The van der Waals surface area contributed by atoms with E-state index in [0.717, 1.165) is 39.0 Å². The fourth-order valence-corrected chi connectivity index (χ4v) is 4.27. The van der Waals surface area contributed by atoms with Crippen LogP contribution < -0.4 is 10.1 Å². The molecule has 0 saturated heterocycles. The van der Waals surface area contributed by atoms with Crippen molar-refractivity contribution in [2.24, 2.45) is 0 Å². The Morgan fingerprint density at radius 2 is 1.75 bits per heavy atom. The number of halogens is 1. The minimum Gasteiger partial charge on any atom is -0.467 e. The van der Waals surface area contributed by atoms with Gasteiger partial charge in [0.25, 0.3) is 5.91 Å². The summed E-state index contributed by atoms with van der Waals surface area (Å²) in [6.07, 6.45) is 0. The molecule has 1 N–H and O–H groups in total. The number of pyridine rings is 1. The van der Waals surface area contributed by atoms with Crippen LogP contribution in [0.15, 0.2) is 78.9 Å². The molecule has 0 unspecified atom stereocenters. The van der Waals surface area contributed by atoms with Gasteiger partial charge < -0.3 is 10.1 Å². The van der Waals surface area contributed by atoms with E-state index in [4.69, 9.17) is 26.4 Å². The predicted octanol–water partition coefficient (Wildman–Crippen LogP) is 6.68. The third-order valence-corrected chi connectivity index (χ3v) is 6.32. The topological polar surface area (TPSA) is 69.0 Å². The molecule has 0 aliphatic carbocycles. The van der Waals surface area contributed by atoms with Gasteiger partial charge in [-0.2, -0.15) is 10.1 Å². The number of ether oxygens (including phenoxy) is 1. The number of carbonyl (C=O) groups is 1. The number of anilines is 1. The van der Waals surface area contributed by atoms with Gasteiger partial charge in [-0.3, -0.25) is 4.79 Å². The highest BCUT2D eigenvalue weighted by Gasteiger charge is 2.19. The molecule has 2 aromatic heterocycles. The Kier molecular flexibility index (Phi) is 6.44. The lowest BCUT2D eigenvalue weighted by Crippen LogP contribution is -2.20. The van der Waals surface area contributed by atoms with Crippen molar-refractivity contribution in [2.45, 2.75) is 20.8 Å². The molecule has 2 heterocycles. The molecular weight excluding hydrogens is 472 g/mol. The summed E-state index contributed by atoms with van der Waals surface area (Å²) in [6, 6.07) is 25.3. The summed E-state index contributed by atoms with van der Waals surface area (Å²) in [5.74, 6) is 0.0523. The summed E-state index contributed by atoms with van der Waals surface area (Å²) >= 11 is 6.16. The Hall–Kier alpha value is -4.16. The first-order valence-electron chi connectivity index (χ1n) is 11.6. The van der Waals surface area contributed by atoms with E-state index >= 15 is 0 Å². The molecule has 36 heavy (non-hydrogen) atoms. The molecule has 0 spiro atoms. The predicted molar refractivity (Wildman–Crippen MR) is 144 cm³/mol. The smallest absolute Gasteiger partial charge is 0.262 e. The number of aryl methyl sites for hydroxylation is 3. The van der Waals surface area contributed by atoms with Crippen LogP contribution in [-0.4, -0.2) is 27.3 Å². The van der Waals surface area contributed by atoms with Gasteiger partial charge in [0.2, 0.25) is 5.88 Å². The maximum atomic E-state index is 12.5. The first-order valence-corrected chi connectivity index (χ1v) is 12.0. The highest BCUT2D eigenvalue weighted by Crippen LogP contribution is 2.33. The third-order valence-electron chi connectivity index (χ3n) is 5.91. The van der Waals surface area contributed by atoms with E-state index < -0.39 is 0 Å². The summed E-state index contributed by atoms with van der Waals surface area (Å²) in [7, 11) is 0. The van der Waals surface area contributed by atoms with Crippen molar-refractivity contribution >= 4 is 34.2 Å². The second-order valence-electron chi connectivity index (χ2n) is 8.74. The zero-order chi connectivity index (χ0) is 25.2. The largest absolute Gasteiger partial charge is 0.467 e. The number of nitrogens with one attached hydrogen (secondary N) is 1. The Labute approximate surface area is 214 Å². The normalized spacial score (nSPS) is 11.0. The van der Waals surface area contributed by atoms with Crippen molar-refractivity contribution in [1.29, 1.82) is 0 Å². The van der Waals surface area contributed by atoms with E-state index in [-0.39, 0.29) is 12.5 Å². The molecule has 0 saturated carbocycles. The highest BCUT2D eigenvalue weighted by atomic mass is 35.5. The summed E-state index contributed by atoms with van der Waals surface area (Å²) in [4.78, 5) is 17.3. The lowest BCUT2D eigenvalue weighted by Gasteiger charge is -2.10. The van der Waals surface area contributed by atoms with Crippen LogP contribution in [0.3, 0.4) is 0 Å². The van der Waals surface area contributed by atoms with Crippen molar-refractivity contribution in [2.75, 3.05) is 11.9 Å². The number of hydrogen-bond donors (Lipinski definition) is 1. The molecule has 3 aromatic carbocycles. The van der Waals surface area contributed by atoms with E-state index in [1.54, 1.807) is 12.1 Å². The summed E-state index contributed by atoms with van der Waals surface area (Å²) in [6.45, 7) is 5.79. The maximum absolute atomic E-state index is 12.5. The van der Waals surface area contributed by atoms with Crippen LogP contribution in [-0.2, 0) is 4.79 Å². The lowest BCUT2D eigenvalue weighted by atomic mass is 10.0. The molecule has 1 amide bonds. The number of hydrogen-bond acceptors (Lipinski definition) is 4. The number of aromatic nitrogens is 3. The first kappa shape index (κ1) is 23.6. The molecule has 5 aromatic rings. The van der Waals surface area contributed by atoms with E-state index in [0.29, 0.717) is 22.2 Å². The van der Waals surface area contributed by atoms with Crippen LogP contribution in [0.5, 0.6) is 5.88 Å². The van der Waals surface area contributed by atoms with Gasteiger partial charge in [-0.05, 0) is 62.2 Å². The number of nitrogens with zero attached hydrogens (tertiary/aromatic N) is 3. The van der Waals surface area contributed by atoms with Gasteiger partial charge in [-0.25, -0.2) is 4.68 Å². The Morgan fingerprint density at radius 3 is 2.50 bits per heavy atom. The van der Waals surface area contributed by atoms with E-state index in [1.807, 2.05) is 67.1 Å². The van der Waals surface area contributed by atoms with Crippen LogP contribution in [0.25, 0.3) is 28.0 Å². The fourth-order valence-electron chi connectivity index (χ4n) is 4.09. The number of rotatable bonds is 6. The second-order valence-corrected chi connectivity index (χ2v) is 9.15. The number of benzene rings is 3.